The molecular weight excluding hydrogens is 146 g/mol. The minimum atomic E-state index is 0.738. The summed E-state index contributed by atoms with van der Waals surface area (Å²) in [4.78, 5) is 0. The van der Waals surface area contributed by atoms with Crippen molar-refractivity contribution in [2.24, 2.45) is 5.92 Å². The SMILES string of the molecule is CCCC(CC)C(C)NC1CC1. The van der Waals surface area contributed by atoms with E-state index < -0.39 is 0 Å². The number of hydrogen-bond acceptors (Lipinski definition) is 1. The van der Waals surface area contributed by atoms with Crippen molar-refractivity contribution in [3.8, 4) is 0 Å². The fourth-order valence-electron chi connectivity index (χ4n) is 1.94. The third-order valence-corrected chi connectivity index (χ3v) is 2.97. The predicted molar refractivity (Wildman–Crippen MR) is 54.3 cm³/mol. The van der Waals surface area contributed by atoms with Gasteiger partial charge in [0, 0.05) is 12.1 Å². The van der Waals surface area contributed by atoms with Crippen molar-refractivity contribution in [2.75, 3.05) is 0 Å². The molecule has 0 bridgehead atoms. The Morgan fingerprint density at radius 3 is 2.42 bits per heavy atom. The van der Waals surface area contributed by atoms with Crippen LogP contribution < -0.4 is 5.32 Å². The van der Waals surface area contributed by atoms with E-state index in [9.17, 15) is 0 Å². The summed E-state index contributed by atoms with van der Waals surface area (Å²) >= 11 is 0. The molecule has 0 heterocycles. The Labute approximate surface area is 76.9 Å². The number of nitrogens with one attached hydrogen (secondary N) is 1. The molecule has 2 atom stereocenters. The fourth-order valence-corrected chi connectivity index (χ4v) is 1.94. The molecule has 0 aliphatic heterocycles. The maximum Gasteiger partial charge on any atom is 0.00708 e. The molecule has 12 heavy (non-hydrogen) atoms. The average Bonchev–Trinajstić information content (AvgIpc) is 2.83. The van der Waals surface area contributed by atoms with E-state index in [1.165, 1.54) is 32.1 Å². The van der Waals surface area contributed by atoms with Gasteiger partial charge in [-0.05, 0) is 32.1 Å². The second-order valence-electron chi connectivity index (χ2n) is 4.19. The first-order chi connectivity index (χ1) is 5.77. The minimum absolute atomic E-state index is 0.738. The highest BCUT2D eigenvalue weighted by Crippen LogP contribution is 2.23. The van der Waals surface area contributed by atoms with E-state index in [0.29, 0.717) is 0 Å². The van der Waals surface area contributed by atoms with Gasteiger partial charge in [0.1, 0.15) is 0 Å². The molecular formula is C11H23N. The Balaban J connectivity index is 2.19. The number of rotatable bonds is 6. The molecule has 1 aliphatic carbocycles. The summed E-state index contributed by atoms with van der Waals surface area (Å²) in [5.74, 6) is 0.899. The lowest BCUT2D eigenvalue weighted by atomic mass is 9.93. The first-order valence-electron chi connectivity index (χ1n) is 5.54. The second-order valence-corrected chi connectivity index (χ2v) is 4.19. The molecule has 0 aromatic heterocycles. The van der Waals surface area contributed by atoms with Crippen LogP contribution in [0, 0.1) is 5.92 Å². The molecule has 2 unspecified atom stereocenters. The monoisotopic (exact) mass is 169 g/mol. The van der Waals surface area contributed by atoms with Gasteiger partial charge in [-0.15, -0.1) is 0 Å². The van der Waals surface area contributed by atoms with Crippen LogP contribution in [0.5, 0.6) is 0 Å². The lowest BCUT2D eigenvalue weighted by Crippen LogP contribution is -2.34. The molecule has 1 N–H and O–H groups in total. The van der Waals surface area contributed by atoms with Gasteiger partial charge in [-0.25, -0.2) is 0 Å². The predicted octanol–water partition coefficient (Wildman–Crippen LogP) is 2.95. The first-order valence-corrected chi connectivity index (χ1v) is 5.54. The maximum absolute atomic E-state index is 3.69. The summed E-state index contributed by atoms with van der Waals surface area (Å²) in [6.07, 6.45) is 6.86. The van der Waals surface area contributed by atoms with E-state index in [1.807, 2.05) is 0 Å². The minimum Gasteiger partial charge on any atom is -0.311 e. The van der Waals surface area contributed by atoms with Gasteiger partial charge < -0.3 is 5.32 Å². The third-order valence-electron chi connectivity index (χ3n) is 2.97. The smallest absolute Gasteiger partial charge is 0.00708 e. The van der Waals surface area contributed by atoms with Crippen LogP contribution in [-0.2, 0) is 0 Å². The normalized spacial score (nSPS) is 22.2. The van der Waals surface area contributed by atoms with Crippen molar-refractivity contribution in [3.63, 3.8) is 0 Å². The van der Waals surface area contributed by atoms with E-state index in [1.54, 1.807) is 0 Å². The zero-order valence-electron chi connectivity index (χ0n) is 8.77. The van der Waals surface area contributed by atoms with Crippen LogP contribution in [0.2, 0.25) is 0 Å². The van der Waals surface area contributed by atoms with E-state index in [2.05, 4.69) is 26.1 Å². The summed E-state index contributed by atoms with van der Waals surface area (Å²) in [6.45, 7) is 6.94. The van der Waals surface area contributed by atoms with Crippen LogP contribution in [0.3, 0.4) is 0 Å². The lowest BCUT2D eigenvalue weighted by molar-refractivity contribution is 0.339. The molecule has 1 heteroatoms. The molecule has 0 radical (unpaired) electrons. The van der Waals surface area contributed by atoms with Crippen molar-refractivity contribution >= 4 is 0 Å². The van der Waals surface area contributed by atoms with Gasteiger partial charge >= 0.3 is 0 Å². The third kappa shape index (κ3) is 3.14. The summed E-state index contributed by atoms with van der Waals surface area (Å²) in [5.41, 5.74) is 0. The highest BCUT2D eigenvalue weighted by atomic mass is 15.0. The van der Waals surface area contributed by atoms with E-state index in [0.717, 1.165) is 18.0 Å². The Hall–Kier alpha value is -0.0400. The summed E-state index contributed by atoms with van der Waals surface area (Å²) < 4.78 is 0. The lowest BCUT2D eigenvalue weighted by Gasteiger charge is -2.23. The van der Waals surface area contributed by atoms with E-state index >= 15 is 0 Å². The molecule has 72 valence electrons. The van der Waals surface area contributed by atoms with Gasteiger partial charge in [0.2, 0.25) is 0 Å². The van der Waals surface area contributed by atoms with Crippen LogP contribution in [0.15, 0.2) is 0 Å². The van der Waals surface area contributed by atoms with Crippen molar-refractivity contribution in [2.45, 2.75) is 65.0 Å². The molecule has 1 nitrogen and oxygen atoms in total. The number of hydrogen-bond donors (Lipinski definition) is 1. The maximum atomic E-state index is 3.69. The summed E-state index contributed by atoms with van der Waals surface area (Å²) in [7, 11) is 0. The van der Waals surface area contributed by atoms with E-state index in [-0.39, 0.29) is 0 Å². The van der Waals surface area contributed by atoms with Crippen molar-refractivity contribution in [3.05, 3.63) is 0 Å². The van der Waals surface area contributed by atoms with Crippen molar-refractivity contribution in [1.82, 2.24) is 5.32 Å². The van der Waals surface area contributed by atoms with Crippen LogP contribution in [-0.4, -0.2) is 12.1 Å². The Morgan fingerprint density at radius 1 is 1.33 bits per heavy atom. The molecule has 0 amide bonds. The average molecular weight is 169 g/mol. The Kier molecular flexibility index (Phi) is 4.07. The zero-order valence-corrected chi connectivity index (χ0v) is 8.77. The highest BCUT2D eigenvalue weighted by molar-refractivity contribution is 4.85. The van der Waals surface area contributed by atoms with Crippen LogP contribution in [0.1, 0.15) is 52.9 Å². The largest absolute Gasteiger partial charge is 0.311 e. The van der Waals surface area contributed by atoms with Gasteiger partial charge in [-0.2, -0.15) is 0 Å². The van der Waals surface area contributed by atoms with Crippen molar-refractivity contribution in [1.29, 1.82) is 0 Å². The Morgan fingerprint density at radius 2 is 2.00 bits per heavy atom. The summed E-state index contributed by atoms with van der Waals surface area (Å²) in [5, 5.41) is 3.69. The fraction of sp³-hybridized carbons (Fsp3) is 1.00. The molecule has 0 saturated heterocycles. The quantitative estimate of drug-likeness (QED) is 0.644. The molecule has 1 rings (SSSR count). The van der Waals surface area contributed by atoms with Crippen LogP contribution >= 0.6 is 0 Å². The molecule has 0 aromatic rings. The van der Waals surface area contributed by atoms with E-state index in [4.69, 9.17) is 0 Å². The van der Waals surface area contributed by atoms with Gasteiger partial charge in [0.15, 0.2) is 0 Å². The zero-order chi connectivity index (χ0) is 8.97. The van der Waals surface area contributed by atoms with Gasteiger partial charge in [0.25, 0.3) is 0 Å². The molecule has 0 spiro atoms. The van der Waals surface area contributed by atoms with Gasteiger partial charge in [-0.1, -0.05) is 26.7 Å². The molecule has 1 fully saturated rings. The second kappa shape index (κ2) is 4.86. The topological polar surface area (TPSA) is 12.0 Å². The van der Waals surface area contributed by atoms with Crippen LogP contribution in [0.4, 0.5) is 0 Å². The first kappa shape index (κ1) is 10.0. The summed E-state index contributed by atoms with van der Waals surface area (Å²) in [6, 6.07) is 1.60. The molecule has 0 aromatic carbocycles. The Bertz CT molecular complexity index is 118. The molecule has 1 aliphatic rings. The van der Waals surface area contributed by atoms with Gasteiger partial charge in [-0.3, -0.25) is 0 Å². The standard InChI is InChI=1S/C11H23N/c1-4-6-10(5-2)9(3)12-11-7-8-11/h9-12H,4-8H2,1-3H3. The van der Waals surface area contributed by atoms with Crippen LogP contribution in [0.25, 0.3) is 0 Å². The molecule has 1 saturated carbocycles. The van der Waals surface area contributed by atoms with Gasteiger partial charge in [0.05, 0.1) is 0 Å². The van der Waals surface area contributed by atoms with Crippen molar-refractivity contribution < 1.29 is 0 Å². The highest BCUT2D eigenvalue weighted by Gasteiger charge is 2.25.